The van der Waals surface area contributed by atoms with Gasteiger partial charge in [-0.3, -0.25) is 0 Å². The number of nitrogens with one attached hydrogen (secondary N) is 1. The first-order valence-corrected chi connectivity index (χ1v) is 7.62. The Kier molecular flexibility index (Phi) is 4.54. The van der Waals surface area contributed by atoms with Crippen LogP contribution in [-0.4, -0.2) is 17.0 Å². The molecule has 112 valence electrons. The molecular formula is C15H16BrClFN3. The van der Waals surface area contributed by atoms with Crippen molar-refractivity contribution in [2.24, 2.45) is 0 Å². The normalized spacial score (nSPS) is 11.6. The average Bonchev–Trinajstić information content (AvgIpc) is 2.43. The summed E-state index contributed by atoms with van der Waals surface area (Å²) in [5, 5.41) is 3.03. The molecule has 2 rings (SSSR count). The van der Waals surface area contributed by atoms with Gasteiger partial charge in [0.2, 0.25) is 0 Å². The predicted molar refractivity (Wildman–Crippen MR) is 88.4 cm³/mol. The molecule has 0 spiro atoms. The van der Waals surface area contributed by atoms with Gasteiger partial charge < -0.3 is 5.32 Å². The molecule has 0 saturated carbocycles. The highest BCUT2D eigenvalue weighted by Gasteiger charge is 2.21. The van der Waals surface area contributed by atoms with Crippen molar-refractivity contribution in [1.82, 2.24) is 9.97 Å². The van der Waals surface area contributed by atoms with Crippen molar-refractivity contribution in [3.05, 3.63) is 39.3 Å². The molecule has 0 aliphatic heterocycles. The minimum absolute atomic E-state index is 0.0504. The summed E-state index contributed by atoms with van der Waals surface area (Å²) in [6.07, 6.45) is 0. The van der Waals surface area contributed by atoms with Gasteiger partial charge in [-0.05, 0) is 28.1 Å². The molecule has 1 aromatic heterocycles. The Hall–Kier alpha value is -1.20. The van der Waals surface area contributed by atoms with Crippen molar-refractivity contribution >= 4 is 33.3 Å². The van der Waals surface area contributed by atoms with Crippen molar-refractivity contribution in [1.29, 1.82) is 0 Å². The van der Waals surface area contributed by atoms with E-state index < -0.39 is 5.82 Å². The molecule has 0 unspecified atom stereocenters. The smallest absolute Gasteiger partial charge is 0.152 e. The van der Waals surface area contributed by atoms with Crippen molar-refractivity contribution in [3.8, 4) is 11.3 Å². The van der Waals surface area contributed by atoms with E-state index in [4.69, 9.17) is 11.6 Å². The zero-order chi connectivity index (χ0) is 15.8. The van der Waals surface area contributed by atoms with Crippen LogP contribution in [-0.2, 0) is 5.41 Å². The Morgan fingerprint density at radius 2 is 1.90 bits per heavy atom. The highest BCUT2D eigenvalue weighted by molar-refractivity contribution is 9.10. The van der Waals surface area contributed by atoms with E-state index >= 15 is 0 Å². The number of rotatable bonds is 2. The lowest BCUT2D eigenvalue weighted by molar-refractivity contribution is 0.546. The van der Waals surface area contributed by atoms with E-state index in [0.29, 0.717) is 27.4 Å². The maximum Gasteiger partial charge on any atom is 0.152 e. The lowest BCUT2D eigenvalue weighted by Crippen LogP contribution is -2.17. The van der Waals surface area contributed by atoms with E-state index in [-0.39, 0.29) is 10.4 Å². The van der Waals surface area contributed by atoms with Crippen LogP contribution in [0.25, 0.3) is 11.3 Å². The first-order chi connectivity index (χ1) is 9.74. The summed E-state index contributed by atoms with van der Waals surface area (Å²) in [4.78, 5) is 8.92. The zero-order valence-electron chi connectivity index (χ0n) is 12.3. The van der Waals surface area contributed by atoms with E-state index in [2.05, 4.69) is 31.2 Å². The molecule has 0 atom stereocenters. The van der Waals surface area contributed by atoms with Crippen molar-refractivity contribution in [2.45, 2.75) is 26.2 Å². The molecule has 21 heavy (non-hydrogen) atoms. The van der Waals surface area contributed by atoms with Gasteiger partial charge in [-0.15, -0.1) is 0 Å². The van der Waals surface area contributed by atoms with Crippen LogP contribution in [0.5, 0.6) is 0 Å². The molecule has 0 radical (unpaired) electrons. The number of hydrogen-bond donors (Lipinski definition) is 1. The van der Waals surface area contributed by atoms with E-state index in [9.17, 15) is 4.39 Å². The molecule has 0 saturated heterocycles. The summed E-state index contributed by atoms with van der Waals surface area (Å²) in [7, 11) is 1.77. The Morgan fingerprint density at radius 3 is 2.48 bits per heavy atom. The third-order valence-corrected chi connectivity index (χ3v) is 4.22. The quantitative estimate of drug-likeness (QED) is 0.751. The second-order valence-electron chi connectivity index (χ2n) is 5.68. The zero-order valence-corrected chi connectivity index (χ0v) is 14.6. The van der Waals surface area contributed by atoms with Gasteiger partial charge in [0.1, 0.15) is 11.6 Å². The number of benzene rings is 1. The van der Waals surface area contributed by atoms with Gasteiger partial charge in [0.25, 0.3) is 0 Å². The summed E-state index contributed by atoms with van der Waals surface area (Å²) in [6, 6.07) is 5.07. The molecule has 0 aliphatic rings. The lowest BCUT2D eigenvalue weighted by atomic mass is 9.95. The standard InChI is InChI=1S/C15H16BrClFN3/c1-15(2,3)14-20-10(7-11(19-4)21-14)8-5-6-9(16)12(17)13(8)18/h5-7H,1-4H3,(H,19,20,21). The molecule has 1 N–H and O–H groups in total. The van der Waals surface area contributed by atoms with Gasteiger partial charge in [-0.2, -0.15) is 0 Å². The van der Waals surface area contributed by atoms with Crippen LogP contribution < -0.4 is 5.32 Å². The second kappa shape index (κ2) is 5.89. The highest BCUT2D eigenvalue weighted by Crippen LogP contribution is 2.33. The highest BCUT2D eigenvalue weighted by atomic mass is 79.9. The summed E-state index contributed by atoms with van der Waals surface area (Å²) >= 11 is 9.17. The molecule has 0 aliphatic carbocycles. The summed E-state index contributed by atoms with van der Waals surface area (Å²) < 4.78 is 14.9. The third kappa shape index (κ3) is 3.35. The number of nitrogens with zero attached hydrogens (tertiary/aromatic N) is 2. The summed E-state index contributed by atoms with van der Waals surface area (Å²) in [5.74, 6) is 0.790. The average molecular weight is 373 g/mol. The maximum atomic E-state index is 14.4. The number of aromatic nitrogens is 2. The predicted octanol–water partition coefficient (Wildman–Crippen LogP) is 5.04. The molecule has 0 amide bonds. The SMILES string of the molecule is CNc1cc(-c2ccc(Br)c(Cl)c2F)nc(C(C)(C)C)n1. The largest absolute Gasteiger partial charge is 0.373 e. The molecule has 2 aromatic rings. The molecule has 0 fully saturated rings. The van der Waals surface area contributed by atoms with Crippen LogP contribution in [0.2, 0.25) is 5.02 Å². The molecule has 1 aromatic carbocycles. The fourth-order valence-corrected chi connectivity index (χ4v) is 2.24. The molecule has 1 heterocycles. The van der Waals surface area contributed by atoms with E-state index in [1.54, 1.807) is 25.2 Å². The topological polar surface area (TPSA) is 37.8 Å². The maximum absolute atomic E-state index is 14.4. The second-order valence-corrected chi connectivity index (χ2v) is 6.92. The van der Waals surface area contributed by atoms with Crippen LogP contribution >= 0.6 is 27.5 Å². The fraction of sp³-hybridized carbons (Fsp3) is 0.333. The molecule has 0 bridgehead atoms. The Morgan fingerprint density at radius 1 is 1.24 bits per heavy atom. The lowest BCUT2D eigenvalue weighted by Gasteiger charge is -2.19. The minimum Gasteiger partial charge on any atom is -0.373 e. The van der Waals surface area contributed by atoms with Gasteiger partial charge in [0, 0.05) is 28.6 Å². The number of halogens is 3. The van der Waals surface area contributed by atoms with Crippen molar-refractivity contribution < 1.29 is 4.39 Å². The first kappa shape index (κ1) is 16.2. The van der Waals surface area contributed by atoms with E-state index in [1.165, 1.54) is 0 Å². The van der Waals surface area contributed by atoms with Crippen LogP contribution in [0, 0.1) is 5.82 Å². The van der Waals surface area contributed by atoms with E-state index in [1.807, 2.05) is 20.8 Å². The minimum atomic E-state index is -0.494. The van der Waals surface area contributed by atoms with Gasteiger partial charge in [0.05, 0.1) is 10.7 Å². The first-order valence-electron chi connectivity index (χ1n) is 6.45. The van der Waals surface area contributed by atoms with Crippen molar-refractivity contribution in [2.75, 3.05) is 12.4 Å². The van der Waals surface area contributed by atoms with Crippen LogP contribution in [0.3, 0.4) is 0 Å². The molecule has 6 heteroatoms. The van der Waals surface area contributed by atoms with E-state index in [0.717, 1.165) is 0 Å². The van der Waals surface area contributed by atoms with Gasteiger partial charge in [0.15, 0.2) is 5.82 Å². The Labute approximate surface area is 137 Å². The Balaban J connectivity index is 2.67. The monoisotopic (exact) mass is 371 g/mol. The Bertz CT molecular complexity index is 683. The van der Waals surface area contributed by atoms with Gasteiger partial charge in [-0.1, -0.05) is 32.4 Å². The van der Waals surface area contributed by atoms with Crippen LogP contribution in [0.15, 0.2) is 22.7 Å². The summed E-state index contributed by atoms with van der Waals surface area (Å²) in [6.45, 7) is 6.03. The number of hydrogen-bond acceptors (Lipinski definition) is 3. The fourth-order valence-electron chi connectivity index (χ4n) is 1.77. The summed E-state index contributed by atoms with van der Waals surface area (Å²) in [5.41, 5.74) is 0.621. The third-order valence-electron chi connectivity index (χ3n) is 2.96. The molecule has 3 nitrogen and oxygen atoms in total. The van der Waals surface area contributed by atoms with Gasteiger partial charge in [-0.25, -0.2) is 14.4 Å². The molecular weight excluding hydrogens is 357 g/mol. The van der Waals surface area contributed by atoms with Gasteiger partial charge >= 0.3 is 0 Å². The van der Waals surface area contributed by atoms with Crippen molar-refractivity contribution in [3.63, 3.8) is 0 Å². The van der Waals surface area contributed by atoms with Crippen LogP contribution in [0.4, 0.5) is 10.2 Å². The number of anilines is 1. The van der Waals surface area contributed by atoms with Crippen LogP contribution in [0.1, 0.15) is 26.6 Å².